The molecular formula is C13H11ClF2N2O2S. The molecule has 112 valence electrons. The summed E-state index contributed by atoms with van der Waals surface area (Å²) < 4.78 is 53.4. The fourth-order valence-electron chi connectivity index (χ4n) is 1.70. The molecule has 8 heteroatoms. The van der Waals surface area contributed by atoms with Crippen molar-refractivity contribution in [2.45, 2.75) is 11.8 Å². The first kappa shape index (κ1) is 15.5. The van der Waals surface area contributed by atoms with Gasteiger partial charge in [0.15, 0.2) is 0 Å². The Labute approximate surface area is 125 Å². The molecule has 2 aromatic rings. The van der Waals surface area contributed by atoms with Crippen LogP contribution in [0.3, 0.4) is 0 Å². The molecule has 21 heavy (non-hydrogen) atoms. The molecular weight excluding hydrogens is 322 g/mol. The lowest BCUT2D eigenvalue weighted by atomic mass is 10.2. The summed E-state index contributed by atoms with van der Waals surface area (Å²) in [4.78, 5) is -0.749. The maximum absolute atomic E-state index is 13.7. The second-order valence-electron chi connectivity index (χ2n) is 4.34. The zero-order valence-corrected chi connectivity index (χ0v) is 12.4. The summed E-state index contributed by atoms with van der Waals surface area (Å²) in [6, 6.07) is 5.91. The van der Waals surface area contributed by atoms with Gasteiger partial charge in [-0.15, -0.1) is 0 Å². The Kier molecular flexibility index (Phi) is 4.06. The average Bonchev–Trinajstić information content (AvgIpc) is 2.38. The highest BCUT2D eigenvalue weighted by atomic mass is 35.5. The van der Waals surface area contributed by atoms with E-state index < -0.39 is 32.2 Å². The minimum absolute atomic E-state index is 0.126. The minimum Gasteiger partial charge on any atom is -0.396 e. The molecule has 0 amide bonds. The van der Waals surface area contributed by atoms with E-state index in [0.29, 0.717) is 11.6 Å². The van der Waals surface area contributed by atoms with Crippen LogP contribution in [0.4, 0.5) is 20.2 Å². The molecule has 0 heterocycles. The normalized spacial score (nSPS) is 11.4. The Balaban J connectivity index is 2.51. The Morgan fingerprint density at radius 1 is 1.19 bits per heavy atom. The lowest BCUT2D eigenvalue weighted by Crippen LogP contribution is -2.16. The van der Waals surface area contributed by atoms with Gasteiger partial charge in [0.2, 0.25) is 0 Å². The number of nitrogens with one attached hydrogen (secondary N) is 1. The van der Waals surface area contributed by atoms with E-state index in [-0.39, 0.29) is 10.7 Å². The van der Waals surface area contributed by atoms with Crippen LogP contribution in [0.5, 0.6) is 0 Å². The Bertz CT molecular complexity index is 790. The number of aryl methyl sites for hydroxylation is 1. The summed E-state index contributed by atoms with van der Waals surface area (Å²) in [6.45, 7) is 1.64. The second kappa shape index (κ2) is 5.50. The number of hydrogen-bond donors (Lipinski definition) is 2. The molecule has 4 nitrogen and oxygen atoms in total. The third-order valence-electron chi connectivity index (χ3n) is 2.80. The van der Waals surface area contributed by atoms with E-state index in [4.69, 9.17) is 17.3 Å². The van der Waals surface area contributed by atoms with Gasteiger partial charge in [-0.2, -0.15) is 0 Å². The van der Waals surface area contributed by atoms with Gasteiger partial charge in [0.25, 0.3) is 10.0 Å². The van der Waals surface area contributed by atoms with E-state index in [1.54, 1.807) is 19.1 Å². The Morgan fingerprint density at radius 3 is 2.48 bits per heavy atom. The first-order valence-corrected chi connectivity index (χ1v) is 7.61. The minimum atomic E-state index is -4.28. The number of rotatable bonds is 3. The van der Waals surface area contributed by atoms with Crippen molar-refractivity contribution in [3.63, 3.8) is 0 Å². The highest BCUT2D eigenvalue weighted by Crippen LogP contribution is 2.29. The van der Waals surface area contributed by atoms with Crippen molar-refractivity contribution in [3.05, 3.63) is 52.6 Å². The molecule has 2 rings (SSSR count). The van der Waals surface area contributed by atoms with Crippen LogP contribution in [0.1, 0.15) is 5.56 Å². The van der Waals surface area contributed by atoms with Crippen molar-refractivity contribution in [3.8, 4) is 0 Å². The van der Waals surface area contributed by atoms with Gasteiger partial charge in [-0.1, -0.05) is 23.7 Å². The summed E-state index contributed by atoms with van der Waals surface area (Å²) >= 11 is 5.91. The van der Waals surface area contributed by atoms with Crippen molar-refractivity contribution in [1.82, 2.24) is 0 Å². The van der Waals surface area contributed by atoms with Crippen LogP contribution in [-0.4, -0.2) is 8.42 Å². The Hall–Kier alpha value is -1.86. The summed E-state index contributed by atoms with van der Waals surface area (Å²) in [5.74, 6) is -2.26. The number of halogens is 3. The highest BCUT2D eigenvalue weighted by Gasteiger charge is 2.23. The molecule has 0 spiro atoms. The van der Waals surface area contributed by atoms with E-state index in [0.717, 1.165) is 6.07 Å². The van der Waals surface area contributed by atoms with Crippen LogP contribution in [-0.2, 0) is 10.0 Å². The van der Waals surface area contributed by atoms with Crippen LogP contribution < -0.4 is 10.5 Å². The molecule has 0 atom stereocenters. The van der Waals surface area contributed by atoms with Crippen LogP contribution in [0.25, 0.3) is 0 Å². The van der Waals surface area contributed by atoms with Crippen molar-refractivity contribution in [1.29, 1.82) is 0 Å². The van der Waals surface area contributed by atoms with E-state index >= 15 is 0 Å². The van der Waals surface area contributed by atoms with Crippen LogP contribution in [0.2, 0.25) is 5.02 Å². The van der Waals surface area contributed by atoms with Crippen molar-refractivity contribution in [2.75, 3.05) is 10.5 Å². The molecule has 0 saturated carbocycles. The standard InChI is InChI=1S/C13H11ClF2N2O2S/c1-7-3-2-4-8(14)13(7)18-21(19,20)12-6-11(17)9(15)5-10(12)16/h2-6,18H,17H2,1H3. The van der Waals surface area contributed by atoms with Crippen LogP contribution >= 0.6 is 11.6 Å². The van der Waals surface area contributed by atoms with Crippen LogP contribution in [0, 0.1) is 18.6 Å². The van der Waals surface area contributed by atoms with Gasteiger partial charge < -0.3 is 5.73 Å². The van der Waals surface area contributed by atoms with Gasteiger partial charge in [0, 0.05) is 6.07 Å². The van der Waals surface area contributed by atoms with E-state index in [9.17, 15) is 17.2 Å². The van der Waals surface area contributed by atoms with Crippen molar-refractivity contribution >= 4 is 33.0 Å². The third-order valence-corrected chi connectivity index (χ3v) is 4.48. The molecule has 0 aliphatic heterocycles. The topological polar surface area (TPSA) is 72.2 Å². The quantitative estimate of drug-likeness (QED) is 0.847. The smallest absolute Gasteiger partial charge is 0.264 e. The fourth-order valence-corrected chi connectivity index (χ4v) is 3.27. The first-order valence-electron chi connectivity index (χ1n) is 5.75. The van der Waals surface area contributed by atoms with Gasteiger partial charge in [0.1, 0.15) is 16.5 Å². The first-order chi connectivity index (χ1) is 9.72. The van der Waals surface area contributed by atoms with Gasteiger partial charge in [0.05, 0.1) is 16.4 Å². The van der Waals surface area contributed by atoms with E-state index in [1.807, 2.05) is 0 Å². The molecule has 0 saturated heterocycles. The van der Waals surface area contributed by atoms with Gasteiger partial charge in [-0.05, 0) is 24.6 Å². The van der Waals surface area contributed by atoms with Crippen LogP contribution in [0.15, 0.2) is 35.2 Å². The highest BCUT2D eigenvalue weighted by molar-refractivity contribution is 7.92. The lowest BCUT2D eigenvalue weighted by Gasteiger charge is -2.13. The van der Waals surface area contributed by atoms with E-state index in [1.165, 1.54) is 6.07 Å². The number of nitrogens with two attached hydrogens (primary N) is 1. The largest absolute Gasteiger partial charge is 0.396 e. The SMILES string of the molecule is Cc1cccc(Cl)c1NS(=O)(=O)c1cc(N)c(F)cc1F. The van der Waals surface area contributed by atoms with Gasteiger partial charge in [-0.3, -0.25) is 4.72 Å². The molecule has 2 aromatic carbocycles. The molecule has 0 aliphatic carbocycles. The molecule has 0 radical (unpaired) electrons. The zero-order valence-electron chi connectivity index (χ0n) is 10.8. The second-order valence-corrected chi connectivity index (χ2v) is 6.40. The molecule has 0 unspecified atom stereocenters. The number of anilines is 2. The molecule has 3 N–H and O–H groups in total. The molecule has 0 aromatic heterocycles. The van der Waals surface area contributed by atoms with Crippen molar-refractivity contribution in [2.24, 2.45) is 0 Å². The summed E-state index contributed by atoms with van der Waals surface area (Å²) in [5, 5.41) is 0.161. The number of sulfonamides is 1. The molecule has 0 bridgehead atoms. The van der Waals surface area contributed by atoms with Gasteiger partial charge >= 0.3 is 0 Å². The summed E-state index contributed by atoms with van der Waals surface area (Å²) in [7, 11) is -4.28. The number of hydrogen-bond acceptors (Lipinski definition) is 3. The molecule has 0 aliphatic rings. The average molecular weight is 333 g/mol. The Morgan fingerprint density at radius 2 is 1.86 bits per heavy atom. The predicted octanol–water partition coefficient (Wildman–Crippen LogP) is 3.31. The predicted molar refractivity (Wildman–Crippen MR) is 77.8 cm³/mol. The zero-order chi connectivity index (χ0) is 15.8. The molecule has 0 fully saturated rings. The number of para-hydroxylation sites is 1. The van der Waals surface area contributed by atoms with Gasteiger partial charge in [-0.25, -0.2) is 17.2 Å². The van der Waals surface area contributed by atoms with E-state index in [2.05, 4.69) is 4.72 Å². The summed E-state index contributed by atoms with van der Waals surface area (Å²) in [5.41, 5.74) is 5.50. The lowest BCUT2D eigenvalue weighted by molar-refractivity contribution is 0.553. The maximum atomic E-state index is 13.7. The number of nitrogen functional groups attached to an aromatic ring is 1. The maximum Gasteiger partial charge on any atom is 0.264 e. The monoisotopic (exact) mass is 332 g/mol. The third kappa shape index (κ3) is 3.08. The number of benzene rings is 2. The fraction of sp³-hybridized carbons (Fsp3) is 0.0769. The summed E-state index contributed by atoms with van der Waals surface area (Å²) in [6.07, 6.45) is 0. The van der Waals surface area contributed by atoms with Crippen molar-refractivity contribution < 1.29 is 17.2 Å².